The predicted octanol–water partition coefficient (Wildman–Crippen LogP) is 2.55. The molecule has 0 aliphatic rings. The summed E-state index contributed by atoms with van der Waals surface area (Å²) in [5, 5.41) is 0. The average molecular weight is 350 g/mol. The molecule has 8 nitrogen and oxygen atoms in total. The Bertz CT molecular complexity index is 765. The third-order valence-electron chi connectivity index (χ3n) is 3.51. The molecule has 2 aromatic rings. The van der Waals surface area contributed by atoms with Crippen LogP contribution in [0.2, 0.25) is 0 Å². The van der Waals surface area contributed by atoms with Crippen LogP contribution in [0.3, 0.4) is 0 Å². The summed E-state index contributed by atoms with van der Waals surface area (Å²) < 4.78 is 30.7. The molecular formula is C17H18O8. The molecule has 2 rings (SSSR count). The first-order chi connectivity index (χ1) is 12.0. The van der Waals surface area contributed by atoms with E-state index in [1.165, 1.54) is 35.5 Å². The molecule has 134 valence electrons. The quantitative estimate of drug-likeness (QED) is 0.734. The Kier molecular flexibility index (Phi) is 5.53. The van der Waals surface area contributed by atoms with Gasteiger partial charge in [0.05, 0.1) is 35.5 Å². The van der Waals surface area contributed by atoms with E-state index in [0.717, 1.165) is 6.26 Å². The number of carbonyl (C=O) groups is 2. The van der Waals surface area contributed by atoms with Gasteiger partial charge < -0.3 is 28.1 Å². The fraction of sp³-hybridized carbons (Fsp3) is 0.294. The second-order valence-electron chi connectivity index (χ2n) is 4.75. The van der Waals surface area contributed by atoms with Crippen LogP contribution in [0.5, 0.6) is 17.2 Å². The number of benzene rings is 1. The molecule has 25 heavy (non-hydrogen) atoms. The Balaban J connectivity index is 2.72. The van der Waals surface area contributed by atoms with Crippen molar-refractivity contribution in [2.24, 2.45) is 0 Å². The van der Waals surface area contributed by atoms with E-state index < -0.39 is 11.9 Å². The predicted molar refractivity (Wildman–Crippen MR) is 86.5 cm³/mol. The third kappa shape index (κ3) is 3.23. The lowest BCUT2D eigenvalue weighted by molar-refractivity contribution is 0.0557. The lowest BCUT2D eigenvalue weighted by Gasteiger charge is -2.13. The largest absolute Gasteiger partial charge is 0.493 e. The van der Waals surface area contributed by atoms with Gasteiger partial charge in [-0.15, -0.1) is 0 Å². The number of hydrogen-bond acceptors (Lipinski definition) is 8. The topological polar surface area (TPSA) is 93.4 Å². The maximum atomic E-state index is 12.2. The molecule has 1 aromatic heterocycles. The van der Waals surface area contributed by atoms with E-state index in [1.807, 2.05) is 0 Å². The van der Waals surface area contributed by atoms with Crippen LogP contribution in [0.1, 0.15) is 20.7 Å². The monoisotopic (exact) mass is 350 g/mol. The van der Waals surface area contributed by atoms with Crippen LogP contribution < -0.4 is 14.2 Å². The minimum atomic E-state index is -0.738. The smallest absolute Gasteiger partial charge is 0.342 e. The van der Waals surface area contributed by atoms with Crippen molar-refractivity contribution in [2.45, 2.75) is 0 Å². The maximum absolute atomic E-state index is 12.2. The second kappa shape index (κ2) is 7.61. The van der Waals surface area contributed by atoms with Crippen molar-refractivity contribution in [1.29, 1.82) is 0 Å². The second-order valence-corrected chi connectivity index (χ2v) is 4.75. The zero-order valence-electron chi connectivity index (χ0n) is 14.5. The van der Waals surface area contributed by atoms with Gasteiger partial charge in [0.2, 0.25) is 5.75 Å². The standard InChI is InChI=1S/C17H18O8/c1-20-11-6-9(7-12(21-2)15(11)22-3)14-13(17(19)24-5)10(8-25-14)16(18)23-4/h6-8H,1-5H3. The van der Waals surface area contributed by atoms with Crippen LogP contribution in [0.15, 0.2) is 22.8 Å². The SMILES string of the molecule is COC(=O)c1coc(-c2cc(OC)c(OC)c(OC)c2)c1C(=O)OC. The number of furan rings is 1. The van der Waals surface area contributed by atoms with Crippen molar-refractivity contribution in [3.8, 4) is 28.6 Å². The summed E-state index contributed by atoms with van der Waals surface area (Å²) >= 11 is 0. The molecule has 0 bridgehead atoms. The van der Waals surface area contributed by atoms with Gasteiger partial charge in [0.25, 0.3) is 0 Å². The van der Waals surface area contributed by atoms with E-state index >= 15 is 0 Å². The molecule has 0 saturated heterocycles. The molecule has 0 atom stereocenters. The molecule has 1 aromatic carbocycles. The fourth-order valence-corrected chi connectivity index (χ4v) is 2.35. The molecular weight excluding hydrogens is 332 g/mol. The zero-order valence-corrected chi connectivity index (χ0v) is 14.5. The van der Waals surface area contributed by atoms with E-state index in [4.69, 9.17) is 23.4 Å². The van der Waals surface area contributed by atoms with Gasteiger partial charge in [0.1, 0.15) is 23.2 Å². The van der Waals surface area contributed by atoms with Crippen molar-refractivity contribution in [1.82, 2.24) is 0 Å². The number of ether oxygens (including phenoxy) is 5. The molecule has 0 aliphatic carbocycles. The van der Waals surface area contributed by atoms with Gasteiger partial charge in [-0.05, 0) is 12.1 Å². The minimum absolute atomic E-state index is 0.0434. The first-order valence-corrected chi connectivity index (χ1v) is 7.10. The van der Waals surface area contributed by atoms with E-state index in [0.29, 0.717) is 22.8 Å². The van der Waals surface area contributed by atoms with Gasteiger partial charge in [-0.3, -0.25) is 0 Å². The minimum Gasteiger partial charge on any atom is -0.493 e. The van der Waals surface area contributed by atoms with Crippen LogP contribution in [-0.4, -0.2) is 47.5 Å². The Labute approximate surface area is 144 Å². The van der Waals surface area contributed by atoms with Crippen molar-refractivity contribution in [2.75, 3.05) is 35.5 Å². The molecule has 0 fully saturated rings. The summed E-state index contributed by atoms with van der Waals surface area (Å²) in [5.41, 5.74) is 0.340. The molecule has 0 radical (unpaired) electrons. The van der Waals surface area contributed by atoms with Crippen LogP contribution >= 0.6 is 0 Å². The highest BCUT2D eigenvalue weighted by molar-refractivity contribution is 6.07. The highest BCUT2D eigenvalue weighted by Gasteiger charge is 2.28. The van der Waals surface area contributed by atoms with Gasteiger partial charge in [0, 0.05) is 5.56 Å². The Morgan fingerprint density at radius 1 is 0.840 bits per heavy atom. The average Bonchev–Trinajstić information content (AvgIpc) is 3.10. The van der Waals surface area contributed by atoms with Gasteiger partial charge in [-0.2, -0.15) is 0 Å². The number of methoxy groups -OCH3 is 5. The number of esters is 2. The fourth-order valence-electron chi connectivity index (χ4n) is 2.35. The Morgan fingerprint density at radius 3 is 1.84 bits per heavy atom. The molecule has 1 heterocycles. The van der Waals surface area contributed by atoms with Gasteiger partial charge in [-0.25, -0.2) is 9.59 Å². The summed E-state index contributed by atoms with van der Waals surface area (Å²) in [6.45, 7) is 0. The van der Waals surface area contributed by atoms with Crippen LogP contribution in [-0.2, 0) is 9.47 Å². The zero-order chi connectivity index (χ0) is 18.6. The molecule has 0 unspecified atom stereocenters. The molecule has 0 aliphatic heterocycles. The summed E-state index contributed by atoms with van der Waals surface area (Å²) in [7, 11) is 6.81. The summed E-state index contributed by atoms with van der Waals surface area (Å²) in [6, 6.07) is 3.18. The van der Waals surface area contributed by atoms with Crippen molar-refractivity contribution in [3.63, 3.8) is 0 Å². The van der Waals surface area contributed by atoms with E-state index in [9.17, 15) is 9.59 Å². The molecule has 0 amide bonds. The first kappa shape index (κ1) is 18.2. The van der Waals surface area contributed by atoms with Crippen molar-refractivity contribution >= 4 is 11.9 Å². The normalized spacial score (nSPS) is 10.1. The summed E-state index contributed by atoms with van der Waals surface area (Å²) in [5.74, 6) is -0.229. The highest BCUT2D eigenvalue weighted by atomic mass is 16.5. The van der Waals surface area contributed by atoms with Crippen molar-refractivity contribution in [3.05, 3.63) is 29.5 Å². The number of carbonyl (C=O) groups excluding carboxylic acids is 2. The molecule has 0 N–H and O–H groups in total. The van der Waals surface area contributed by atoms with Crippen LogP contribution in [0.4, 0.5) is 0 Å². The number of hydrogen-bond donors (Lipinski definition) is 0. The molecule has 0 spiro atoms. The first-order valence-electron chi connectivity index (χ1n) is 7.10. The van der Waals surface area contributed by atoms with E-state index in [2.05, 4.69) is 4.74 Å². The van der Waals surface area contributed by atoms with Gasteiger partial charge in [-0.1, -0.05) is 0 Å². The lowest BCUT2D eigenvalue weighted by Crippen LogP contribution is -2.10. The maximum Gasteiger partial charge on any atom is 0.342 e. The summed E-state index contributed by atoms with van der Waals surface area (Å²) in [6.07, 6.45) is 1.14. The highest BCUT2D eigenvalue weighted by Crippen LogP contribution is 2.42. The third-order valence-corrected chi connectivity index (χ3v) is 3.51. The van der Waals surface area contributed by atoms with Crippen LogP contribution in [0, 0.1) is 0 Å². The van der Waals surface area contributed by atoms with Gasteiger partial charge in [0.15, 0.2) is 11.5 Å². The summed E-state index contributed by atoms with van der Waals surface area (Å²) in [4.78, 5) is 24.1. The van der Waals surface area contributed by atoms with Gasteiger partial charge >= 0.3 is 11.9 Å². The lowest BCUT2D eigenvalue weighted by atomic mass is 10.0. The van der Waals surface area contributed by atoms with Crippen molar-refractivity contribution < 1.29 is 37.7 Å². The molecule has 0 saturated carbocycles. The van der Waals surface area contributed by atoms with Crippen LogP contribution in [0.25, 0.3) is 11.3 Å². The van der Waals surface area contributed by atoms with E-state index in [1.54, 1.807) is 12.1 Å². The Morgan fingerprint density at radius 2 is 1.40 bits per heavy atom. The number of rotatable bonds is 6. The molecule has 8 heteroatoms. The van der Waals surface area contributed by atoms with E-state index in [-0.39, 0.29) is 16.9 Å². The Hall–Kier alpha value is -3.16.